The molecule has 0 fully saturated rings. The van der Waals surface area contributed by atoms with Gasteiger partial charge in [0.05, 0.1) is 5.56 Å². The number of hydrogen-bond donors (Lipinski definition) is 2. The van der Waals surface area contributed by atoms with Gasteiger partial charge in [0.15, 0.2) is 0 Å². The highest BCUT2D eigenvalue weighted by Gasteiger charge is 2.08. The van der Waals surface area contributed by atoms with Crippen molar-refractivity contribution in [3.05, 3.63) is 65.5 Å². The van der Waals surface area contributed by atoms with Crippen molar-refractivity contribution in [2.24, 2.45) is 0 Å². The van der Waals surface area contributed by atoms with Gasteiger partial charge in [-0.1, -0.05) is 24.0 Å². The van der Waals surface area contributed by atoms with Crippen LogP contribution in [-0.4, -0.2) is 22.6 Å². The smallest absolute Gasteiger partial charge is 0.252 e. The fourth-order valence-corrected chi connectivity index (χ4v) is 1.70. The van der Waals surface area contributed by atoms with E-state index in [9.17, 15) is 4.79 Å². The van der Waals surface area contributed by atoms with E-state index in [4.69, 9.17) is 5.11 Å². The molecule has 0 saturated carbocycles. The van der Waals surface area contributed by atoms with E-state index >= 15 is 0 Å². The molecule has 1 amide bonds. The zero-order valence-corrected chi connectivity index (χ0v) is 10.8. The lowest BCUT2D eigenvalue weighted by Gasteiger charge is -2.06. The summed E-state index contributed by atoms with van der Waals surface area (Å²) in [5, 5.41) is 11.6. The summed E-state index contributed by atoms with van der Waals surface area (Å²) in [5.41, 5.74) is 2.09. The van der Waals surface area contributed by atoms with Gasteiger partial charge in [-0.25, -0.2) is 0 Å². The van der Waals surface area contributed by atoms with Gasteiger partial charge in [-0.2, -0.15) is 0 Å². The van der Waals surface area contributed by atoms with Gasteiger partial charge in [-0.15, -0.1) is 0 Å². The van der Waals surface area contributed by atoms with Gasteiger partial charge in [-0.3, -0.25) is 9.78 Å². The minimum atomic E-state index is -0.229. The molecule has 0 saturated heterocycles. The molecule has 100 valence electrons. The summed E-state index contributed by atoms with van der Waals surface area (Å²) in [7, 11) is 0. The van der Waals surface area contributed by atoms with Crippen molar-refractivity contribution < 1.29 is 9.90 Å². The van der Waals surface area contributed by atoms with Crippen molar-refractivity contribution >= 4 is 5.91 Å². The van der Waals surface area contributed by atoms with Gasteiger partial charge in [0.2, 0.25) is 0 Å². The van der Waals surface area contributed by atoms with Crippen LogP contribution in [0.3, 0.4) is 0 Å². The molecule has 4 nitrogen and oxygen atoms in total. The fraction of sp³-hybridized carbons (Fsp3) is 0.125. The first-order valence-electron chi connectivity index (χ1n) is 6.17. The third-order valence-corrected chi connectivity index (χ3v) is 2.68. The molecule has 20 heavy (non-hydrogen) atoms. The maximum atomic E-state index is 12.1. The summed E-state index contributed by atoms with van der Waals surface area (Å²) in [4.78, 5) is 16.1. The molecule has 2 aromatic rings. The predicted octanol–water partition coefficient (Wildman–Crippen LogP) is 1.36. The number of nitrogens with zero attached hydrogens (tertiary/aromatic N) is 1. The van der Waals surface area contributed by atoms with E-state index in [1.807, 2.05) is 12.1 Å². The molecule has 0 aliphatic heterocycles. The number of pyridine rings is 1. The molecule has 0 radical (unpaired) electrons. The van der Waals surface area contributed by atoms with E-state index < -0.39 is 0 Å². The topological polar surface area (TPSA) is 62.2 Å². The summed E-state index contributed by atoms with van der Waals surface area (Å²) >= 11 is 0. The summed E-state index contributed by atoms with van der Waals surface area (Å²) < 4.78 is 0. The van der Waals surface area contributed by atoms with Crippen LogP contribution in [0.5, 0.6) is 0 Å². The maximum Gasteiger partial charge on any atom is 0.252 e. The molecule has 2 N–H and O–H groups in total. The Hall–Kier alpha value is -2.64. The molecule has 1 aromatic carbocycles. The number of amides is 1. The Balaban J connectivity index is 2.09. The van der Waals surface area contributed by atoms with Crippen molar-refractivity contribution in [2.75, 3.05) is 6.61 Å². The minimum Gasteiger partial charge on any atom is -0.384 e. The van der Waals surface area contributed by atoms with Gasteiger partial charge in [0, 0.05) is 24.5 Å². The number of aliphatic hydroxyl groups is 1. The predicted molar refractivity (Wildman–Crippen MR) is 75.8 cm³/mol. The van der Waals surface area contributed by atoms with Crippen LogP contribution in [0.1, 0.15) is 21.5 Å². The van der Waals surface area contributed by atoms with E-state index in [0.717, 1.165) is 5.56 Å². The van der Waals surface area contributed by atoms with E-state index in [1.165, 1.54) is 0 Å². The number of hydrogen-bond acceptors (Lipinski definition) is 3. The lowest BCUT2D eigenvalue weighted by atomic mass is 10.1. The normalized spacial score (nSPS) is 9.45. The van der Waals surface area contributed by atoms with Crippen LogP contribution < -0.4 is 5.32 Å². The summed E-state index contributed by atoms with van der Waals surface area (Å²) in [6.45, 7) is 0.204. The van der Waals surface area contributed by atoms with Crippen LogP contribution in [0.25, 0.3) is 0 Å². The largest absolute Gasteiger partial charge is 0.384 e. The van der Waals surface area contributed by atoms with Gasteiger partial charge in [0.1, 0.15) is 6.61 Å². The van der Waals surface area contributed by atoms with Crippen molar-refractivity contribution in [1.29, 1.82) is 0 Å². The van der Waals surface area contributed by atoms with Crippen LogP contribution in [0.15, 0.2) is 48.8 Å². The zero-order chi connectivity index (χ0) is 14.2. The zero-order valence-electron chi connectivity index (χ0n) is 10.8. The molecule has 0 spiro atoms. The third kappa shape index (κ3) is 3.67. The van der Waals surface area contributed by atoms with Gasteiger partial charge in [-0.05, 0) is 29.8 Å². The van der Waals surface area contributed by atoms with Gasteiger partial charge in [0.25, 0.3) is 5.91 Å². The average molecular weight is 266 g/mol. The number of rotatable bonds is 3. The molecule has 0 atom stereocenters. The highest BCUT2D eigenvalue weighted by Crippen LogP contribution is 2.07. The number of aliphatic hydroxyl groups excluding tert-OH is 1. The number of nitrogens with one attached hydrogen (secondary N) is 1. The summed E-state index contributed by atoms with van der Waals surface area (Å²) in [6, 6.07) is 10.7. The quantitative estimate of drug-likeness (QED) is 0.824. The second-order valence-corrected chi connectivity index (χ2v) is 4.04. The van der Waals surface area contributed by atoms with Crippen molar-refractivity contribution in [2.45, 2.75) is 6.54 Å². The molecule has 4 heteroatoms. The molecule has 0 bridgehead atoms. The van der Waals surface area contributed by atoms with Crippen LogP contribution >= 0.6 is 0 Å². The van der Waals surface area contributed by atoms with Crippen molar-refractivity contribution in [3.8, 4) is 11.8 Å². The third-order valence-electron chi connectivity index (χ3n) is 2.68. The van der Waals surface area contributed by atoms with E-state index in [-0.39, 0.29) is 12.5 Å². The molecule has 0 aliphatic carbocycles. The SMILES string of the molecule is O=C(NCc1ccncc1)c1ccccc1C#CCO. The fourth-order valence-electron chi connectivity index (χ4n) is 1.70. The molecule has 0 aliphatic rings. The number of aromatic nitrogens is 1. The van der Waals surface area contributed by atoms with Crippen molar-refractivity contribution in [1.82, 2.24) is 10.3 Å². The Morgan fingerprint density at radius 3 is 2.70 bits per heavy atom. The molecule has 2 rings (SSSR count). The highest BCUT2D eigenvalue weighted by molar-refractivity contribution is 5.96. The van der Waals surface area contributed by atoms with Crippen LogP contribution in [0, 0.1) is 11.8 Å². The summed E-state index contributed by atoms with van der Waals surface area (Å²) in [5.74, 6) is 5.13. The number of carbonyl (C=O) groups excluding carboxylic acids is 1. The first-order valence-corrected chi connectivity index (χ1v) is 6.17. The Kier molecular flexibility index (Phi) is 4.87. The maximum absolute atomic E-state index is 12.1. The molecule has 0 unspecified atom stereocenters. The molecular formula is C16H14N2O2. The second-order valence-electron chi connectivity index (χ2n) is 4.04. The second kappa shape index (κ2) is 7.07. The minimum absolute atomic E-state index is 0.190. The summed E-state index contributed by atoms with van der Waals surface area (Å²) in [6.07, 6.45) is 3.37. The van der Waals surface area contributed by atoms with E-state index in [1.54, 1.807) is 36.7 Å². The molecular weight excluding hydrogens is 252 g/mol. The van der Waals surface area contributed by atoms with Crippen LogP contribution in [0.2, 0.25) is 0 Å². The van der Waals surface area contributed by atoms with Gasteiger partial charge < -0.3 is 10.4 Å². The van der Waals surface area contributed by atoms with Crippen LogP contribution in [-0.2, 0) is 6.54 Å². The number of carbonyl (C=O) groups is 1. The Morgan fingerprint density at radius 2 is 1.95 bits per heavy atom. The molecule has 1 aromatic heterocycles. The molecule has 1 heterocycles. The number of benzene rings is 1. The van der Waals surface area contributed by atoms with E-state index in [0.29, 0.717) is 17.7 Å². The van der Waals surface area contributed by atoms with Crippen LogP contribution in [0.4, 0.5) is 0 Å². The Labute approximate surface area is 117 Å². The first-order chi connectivity index (χ1) is 9.81. The average Bonchev–Trinajstić information content (AvgIpc) is 2.52. The Bertz CT molecular complexity index is 642. The lowest BCUT2D eigenvalue weighted by Crippen LogP contribution is -2.23. The van der Waals surface area contributed by atoms with Crippen molar-refractivity contribution in [3.63, 3.8) is 0 Å². The first kappa shape index (κ1) is 13.8. The highest BCUT2D eigenvalue weighted by atomic mass is 16.2. The standard InChI is InChI=1S/C16H14N2O2/c19-11-3-5-14-4-1-2-6-15(14)16(20)18-12-13-7-9-17-10-8-13/h1-2,4,6-10,19H,11-12H2,(H,18,20). The lowest BCUT2D eigenvalue weighted by molar-refractivity contribution is 0.0950. The van der Waals surface area contributed by atoms with E-state index in [2.05, 4.69) is 22.1 Å². The monoisotopic (exact) mass is 266 g/mol. The Morgan fingerprint density at radius 1 is 1.20 bits per heavy atom. The van der Waals surface area contributed by atoms with Gasteiger partial charge >= 0.3 is 0 Å².